The summed E-state index contributed by atoms with van der Waals surface area (Å²) in [5.41, 5.74) is 12.1. The second kappa shape index (κ2) is 9.17. The number of hydrogen-bond acceptors (Lipinski definition) is 7. The summed E-state index contributed by atoms with van der Waals surface area (Å²) in [6, 6.07) is 5.89. The number of carbonyl (C=O) groups excluding carboxylic acids is 1. The smallest absolute Gasteiger partial charge is 0.252 e. The molecule has 1 fully saturated rings. The summed E-state index contributed by atoms with van der Waals surface area (Å²) in [4.78, 5) is 16.2. The quantitative estimate of drug-likeness (QED) is 0.494. The number of aromatic nitrogens is 1. The second-order valence-corrected chi connectivity index (χ2v) is 7.49. The Morgan fingerprint density at radius 2 is 1.90 bits per heavy atom. The van der Waals surface area contributed by atoms with Gasteiger partial charge in [-0.25, -0.2) is 9.37 Å². The second-order valence-electron chi connectivity index (χ2n) is 7.49. The van der Waals surface area contributed by atoms with Crippen molar-refractivity contribution in [2.75, 3.05) is 24.9 Å². The number of nitrogens with one attached hydrogen (secondary N) is 2. The summed E-state index contributed by atoms with van der Waals surface area (Å²) >= 11 is 0. The molecule has 0 bridgehead atoms. The number of nitrogens with two attached hydrogens (primary N) is 2. The largest absolute Gasteiger partial charge is 0.493 e. The van der Waals surface area contributed by atoms with Gasteiger partial charge in [-0.05, 0) is 43.9 Å². The predicted molar refractivity (Wildman–Crippen MR) is 114 cm³/mol. The highest BCUT2D eigenvalue weighted by atomic mass is 19.1. The van der Waals surface area contributed by atoms with Crippen LogP contribution in [0.3, 0.4) is 0 Å². The first-order chi connectivity index (χ1) is 14.3. The molecule has 0 aliphatic heterocycles. The molecular formula is C21H28FN5O3. The van der Waals surface area contributed by atoms with Crippen LogP contribution in [0.4, 0.5) is 21.7 Å². The van der Waals surface area contributed by atoms with Gasteiger partial charge in [-0.1, -0.05) is 6.42 Å². The third-order valence-corrected chi connectivity index (χ3v) is 5.42. The van der Waals surface area contributed by atoms with E-state index in [-0.39, 0.29) is 29.3 Å². The Morgan fingerprint density at radius 1 is 1.20 bits per heavy atom. The first-order valence-corrected chi connectivity index (χ1v) is 9.85. The highest BCUT2D eigenvalue weighted by Gasteiger charge is 2.31. The van der Waals surface area contributed by atoms with E-state index in [1.807, 2.05) is 6.92 Å². The molecule has 0 unspecified atom stereocenters. The van der Waals surface area contributed by atoms with Crippen LogP contribution in [-0.4, -0.2) is 37.2 Å². The van der Waals surface area contributed by atoms with Gasteiger partial charge in [-0.3, -0.25) is 4.79 Å². The molecular weight excluding hydrogens is 389 g/mol. The number of carbonyl (C=O) groups is 1. The van der Waals surface area contributed by atoms with Crippen molar-refractivity contribution in [1.82, 2.24) is 4.98 Å². The van der Waals surface area contributed by atoms with E-state index in [1.54, 1.807) is 18.2 Å². The van der Waals surface area contributed by atoms with Gasteiger partial charge in [-0.2, -0.15) is 0 Å². The molecule has 1 aliphatic rings. The highest BCUT2D eigenvalue weighted by molar-refractivity contribution is 5.98. The molecule has 9 heteroatoms. The maximum Gasteiger partial charge on any atom is 0.252 e. The molecule has 0 radical (unpaired) electrons. The van der Waals surface area contributed by atoms with Crippen LogP contribution in [0.2, 0.25) is 0 Å². The van der Waals surface area contributed by atoms with Crippen LogP contribution in [-0.2, 0) is 0 Å². The molecule has 2 atom stereocenters. The number of methoxy groups -OCH3 is 2. The van der Waals surface area contributed by atoms with E-state index in [4.69, 9.17) is 20.9 Å². The summed E-state index contributed by atoms with van der Waals surface area (Å²) in [5.74, 6) is 0.112. The molecule has 1 aliphatic carbocycles. The maximum atomic E-state index is 14.7. The topological polar surface area (TPSA) is 125 Å². The predicted octanol–water partition coefficient (Wildman–Crippen LogP) is 3.01. The molecule has 1 heterocycles. The molecule has 1 aromatic heterocycles. The average molecular weight is 417 g/mol. The van der Waals surface area contributed by atoms with Crippen molar-refractivity contribution >= 4 is 23.2 Å². The number of pyridine rings is 1. The Balaban J connectivity index is 1.94. The van der Waals surface area contributed by atoms with E-state index in [1.165, 1.54) is 14.2 Å². The molecule has 30 heavy (non-hydrogen) atoms. The number of amides is 1. The molecule has 0 spiro atoms. The van der Waals surface area contributed by atoms with Gasteiger partial charge in [0.25, 0.3) is 5.91 Å². The van der Waals surface area contributed by atoms with Gasteiger partial charge in [0.15, 0.2) is 23.1 Å². The summed E-state index contributed by atoms with van der Waals surface area (Å²) in [7, 11) is 3.05. The zero-order chi connectivity index (χ0) is 21.8. The van der Waals surface area contributed by atoms with Crippen LogP contribution >= 0.6 is 0 Å². The first-order valence-electron chi connectivity index (χ1n) is 9.85. The fourth-order valence-electron chi connectivity index (χ4n) is 3.56. The van der Waals surface area contributed by atoms with Crippen molar-refractivity contribution in [3.8, 4) is 11.5 Å². The number of ether oxygens (including phenoxy) is 2. The zero-order valence-corrected chi connectivity index (χ0v) is 17.4. The average Bonchev–Trinajstić information content (AvgIpc) is 2.67. The Hall–Kier alpha value is -3.07. The number of rotatable bonds is 9. The van der Waals surface area contributed by atoms with Gasteiger partial charge in [0.05, 0.1) is 19.8 Å². The van der Waals surface area contributed by atoms with Crippen LogP contribution in [0, 0.1) is 11.7 Å². The van der Waals surface area contributed by atoms with E-state index >= 15 is 0 Å². The van der Waals surface area contributed by atoms with Crippen LogP contribution < -0.4 is 31.6 Å². The molecule has 1 amide bonds. The molecule has 1 saturated carbocycles. The lowest BCUT2D eigenvalue weighted by Crippen LogP contribution is -2.46. The maximum absolute atomic E-state index is 14.7. The van der Waals surface area contributed by atoms with Crippen molar-refractivity contribution in [2.24, 2.45) is 17.4 Å². The Kier molecular flexibility index (Phi) is 6.61. The molecule has 3 rings (SSSR count). The van der Waals surface area contributed by atoms with Crippen molar-refractivity contribution in [1.29, 1.82) is 0 Å². The van der Waals surface area contributed by atoms with Gasteiger partial charge in [0.2, 0.25) is 0 Å². The number of benzene rings is 1. The fourth-order valence-corrected chi connectivity index (χ4v) is 3.56. The summed E-state index contributed by atoms with van der Waals surface area (Å²) in [5, 5.41) is 6.16. The van der Waals surface area contributed by atoms with Gasteiger partial charge < -0.3 is 31.6 Å². The highest BCUT2D eigenvalue weighted by Crippen LogP contribution is 2.34. The minimum Gasteiger partial charge on any atom is -0.493 e. The van der Waals surface area contributed by atoms with E-state index in [0.717, 1.165) is 25.3 Å². The Bertz CT molecular complexity index is 918. The van der Waals surface area contributed by atoms with Gasteiger partial charge >= 0.3 is 0 Å². The van der Waals surface area contributed by atoms with E-state index in [2.05, 4.69) is 15.6 Å². The van der Waals surface area contributed by atoms with Crippen LogP contribution in [0.25, 0.3) is 0 Å². The lowest BCUT2D eigenvalue weighted by Gasteiger charge is -2.37. The molecule has 162 valence electrons. The monoisotopic (exact) mass is 417 g/mol. The number of primary amides is 1. The van der Waals surface area contributed by atoms with Crippen LogP contribution in [0.15, 0.2) is 24.3 Å². The molecule has 6 N–H and O–H groups in total. The van der Waals surface area contributed by atoms with E-state index in [0.29, 0.717) is 23.1 Å². The van der Waals surface area contributed by atoms with Crippen LogP contribution in [0.1, 0.15) is 36.5 Å². The SMILES string of the molecule is COc1ccc(Nc2nc(N[C@H](C3CCC3)[C@H](C)N)c(F)cc2C(N)=O)cc1OC. The Morgan fingerprint density at radius 3 is 2.43 bits per heavy atom. The first kappa shape index (κ1) is 21.6. The lowest BCUT2D eigenvalue weighted by atomic mass is 9.77. The lowest BCUT2D eigenvalue weighted by molar-refractivity contribution is 0.100. The standard InChI is InChI=1S/C21H28FN5O3/c1-11(23)18(12-5-4-6-12)26-21-15(22)10-14(19(24)28)20(27-21)25-13-7-8-16(29-2)17(9-13)30-3/h7-12,18H,4-6,23H2,1-3H3,(H2,24,28)(H2,25,26,27)/t11-,18-/m0/s1. The zero-order valence-electron chi connectivity index (χ0n) is 17.4. The molecule has 1 aromatic carbocycles. The van der Waals surface area contributed by atoms with E-state index < -0.39 is 11.7 Å². The minimum absolute atomic E-state index is 0.0252. The van der Waals surface area contributed by atoms with Gasteiger partial charge in [-0.15, -0.1) is 0 Å². The third kappa shape index (κ3) is 4.56. The third-order valence-electron chi connectivity index (χ3n) is 5.42. The summed E-state index contributed by atoms with van der Waals surface area (Å²) in [6.45, 7) is 1.88. The number of halogens is 1. The fraction of sp³-hybridized carbons (Fsp3) is 0.429. The van der Waals surface area contributed by atoms with Crippen molar-refractivity contribution in [2.45, 2.75) is 38.3 Å². The van der Waals surface area contributed by atoms with Crippen molar-refractivity contribution in [3.05, 3.63) is 35.6 Å². The number of anilines is 3. The number of nitrogens with zero attached hydrogens (tertiary/aromatic N) is 1. The van der Waals surface area contributed by atoms with Crippen molar-refractivity contribution in [3.63, 3.8) is 0 Å². The number of hydrogen-bond donors (Lipinski definition) is 4. The molecule has 0 saturated heterocycles. The van der Waals surface area contributed by atoms with E-state index in [9.17, 15) is 9.18 Å². The molecule has 8 nitrogen and oxygen atoms in total. The van der Waals surface area contributed by atoms with Crippen molar-refractivity contribution < 1.29 is 18.7 Å². The van der Waals surface area contributed by atoms with Crippen LogP contribution in [0.5, 0.6) is 11.5 Å². The minimum atomic E-state index is -0.793. The Labute approximate surface area is 175 Å². The normalized spacial score (nSPS) is 15.6. The van der Waals surface area contributed by atoms with Gasteiger partial charge in [0.1, 0.15) is 5.82 Å². The molecule has 2 aromatic rings. The summed E-state index contributed by atoms with van der Waals surface area (Å²) in [6.07, 6.45) is 3.21. The van der Waals surface area contributed by atoms with Gasteiger partial charge in [0, 0.05) is 23.8 Å². The summed E-state index contributed by atoms with van der Waals surface area (Å²) < 4.78 is 25.2.